The third kappa shape index (κ3) is 5.50. The van der Waals surface area contributed by atoms with E-state index >= 15 is 0 Å². The molecule has 2 heterocycles. The molecule has 0 aliphatic carbocycles. The van der Waals surface area contributed by atoms with E-state index in [1.807, 2.05) is 30.1 Å². The summed E-state index contributed by atoms with van der Waals surface area (Å²) in [6, 6.07) is 6.21. The van der Waals surface area contributed by atoms with Gasteiger partial charge in [-0.05, 0) is 50.7 Å². The van der Waals surface area contributed by atoms with Gasteiger partial charge in [0, 0.05) is 38.8 Å². The highest BCUT2D eigenvalue weighted by Crippen LogP contribution is 2.32. The Morgan fingerprint density at radius 2 is 2.06 bits per heavy atom. The molecule has 1 aromatic heterocycles. The van der Waals surface area contributed by atoms with E-state index in [1.165, 1.54) is 5.56 Å². The van der Waals surface area contributed by atoms with Crippen LogP contribution in [0.25, 0.3) is 0 Å². The number of benzene rings is 1. The molecule has 0 amide bonds. The van der Waals surface area contributed by atoms with Crippen molar-refractivity contribution < 1.29 is 9.47 Å². The SMILES string of the molecule is CCNC(=NCC(c1ccc(OC)c(OC)c1)N(C)C)N1CCC(c2cnn(C)c2)C1. The van der Waals surface area contributed by atoms with Gasteiger partial charge in [0.05, 0.1) is 33.0 Å². The van der Waals surface area contributed by atoms with Crippen molar-refractivity contribution in [3.05, 3.63) is 41.7 Å². The summed E-state index contributed by atoms with van der Waals surface area (Å²) >= 11 is 0. The lowest BCUT2D eigenvalue weighted by atomic mass is 10.0. The largest absolute Gasteiger partial charge is 0.493 e. The number of methoxy groups -OCH3 is 2. The third-order valence-corrected chi connectivity index (χ3v) is 5.85. The molecule has 0 radical (unpaired) electrons. The summed E-state index contributed by atoms with van der Waals surface area (Å²) in [5.41, 5.74) is 2.45. The van der Waals surface area contributed by atoms with Gasteiger partial charge in [-0.3, -0.25) is 9.67 Å². The smallest absolute Gasteiger partial charge is 0.194 e. The van der Waals surface area contributed by atoms with Crippen LogP contribution in [0.3, 0.4) is 0 Å². The van der Waals surface area contributed by atoms with Crippen LogP contribution in [0.4, 0.5) is 0 Å². The molecular formula is C23H36N6O2. The molecule has 0 bridgehead atoms. The van der Waals surface area contributed by atoms with Crippen LogP contribution in [0.1, 0.15) is 36.4 Å². The van der Waals surface area contributed by atoms with E-state index in [4.69, 9.17) is 14.5 Å². The molecule has 1 saturated heterocycles. The van der Waals surface area contributed by atoms with Crippen molar-refractivity contribution in [1.29, 1.82) is 0 Å². The molecule has 2 unspecified atom stereocenters. The fraction of sp³-hybridized carbons (Fsp3) is 0.565. The fourth-order valence-corrected chi connectivity index (χ4v) is 4.10. The van der Waals surface area contributed by atoms with Crippen LogP contribution in [0, 0.1) is 0 Å². The summed E-state index contributed by atoms with van der Waals surface area (Å²) in [6.45, 7) is 5.56. The Morgan fingerprint density at radius 1 is 1.29 bits per heavy atom. The average Bonchev–Trinajstić information content (AvgIpc) is 3.41. The predicted molar refractivity (Wildman–Crippen MR) is 124 cm³/mol. The Kier molecular flexibility index (Phi) is 7.79. The van der Waals surface area contributed by atoms with Crippen molar-refractivity contribution >= 4 is 5.96 Å². The number of likely N-dealkylation sites (tertiary alicyclic amines) is 1. The van der Waals surface area contributed by atoms with Crippen molar-refractivity contribution in [2.24, 2.45) is 12.0 Å². The summed E-state index contributed by atoms with van der Waals surface area (Å²) in [7, 11) is 9.45. The van der Waals surface area contributed by atoms with Gasteiger partial charge in [0.25, 0.3) is 0 Å². The van der Waals surface area contributed by atoms with E-state index in [2.05, 4.69) is 53.5 Å². The summed E-state index contributed by atoms with van der Waals surface area (Å²) < 4.78 is 12.8. The number of rotatable bonds is 8. The molecular weight excluding hydrogens is 392 g/mol. The lowest BCUT2D eigenvalue weighted by Crippen LogP contribution is -2.40. The van der Waals surface area contributed by atoms with Gasteiger partial charge < -0.3 is 24.6 Å². The van der Waals surface area contributed by atoms with Gasteiger partial charge in [-0.25, -0.2) is 0 Å². The highest BCUT2D eigenvalue weighted by Gasteiger charge is 2.27. The fourth-order valence-electron chi connectivity index (χ4n) is 4.10. The minimum atomic E-state index is 0.130. The number of hydrogen-bond acceptors (Lipinski definition) is 5. The predicted octanol–water partition coefficient (Wildman–Crippen LogP) is 2.50. The van der Waals surface area contributed by atoms with Crippen LogP contribution in [0.15, 0.2) is 35.6 Å². The van der Waals surface area contributed by atoms with Gasteiger partial charge in [-0.2, -0.15) is 5.10 Å². The number of aromatic nitrogens is 2. The number of nitrogens with one attached hydrogen (secondary N) is 1. The maximum atomic E-state index is 5.50. The van der Waals surface area contributed by atoms with Gasteiger partial charge >= 0.3 is 0 Å². The number of likely N-dealkylation sites (N-methyl/N-ethyl adjacent to an activating group) is 1. The second-order valence-electron chi connectivity index (χ2n) is 8.17. The Hall–Kier alpha value is -2.74. The molecule has 8 nitrogen and oxygen atoms in total. The number of hydrogen-bond donors (Lipinski definition) is 1. The molecule has 0 spiro atoms. The Bertz CT molecular complexity index is 879. The minimum Gasteiger partial charge on any atom is -0.493 e. The van der Waals surface area contributed by atoms with Crippen molar-refractivity contribution in [3.63, 3.8) is 0 Å². The molecule has 1 aliphatic heterocycles. The van der Waals surface area contributed by atoms with Crippen molar-refractivity contribution in [1.82, 2.24) is 24.9 Å². The van der Waals surface area contributed by atoms with E-state index < -0.39 is 0 Å². The molecule has 1 N–H and O–H groups in total. The van der Waals surface area contributed by atoms with E-state index in [9.17, 15) is 0 Å². The summed E-state index contributed by atoms with van der Waals surface area (Å²) in [5, 5.41) is 7.81. The van der Waals surface area contributed by atoms with Gasteiger partial charge in [-0.15, -0.1) is 0 Å². The molecule has 31 heavy (non-hydrogen) atoms. The first-order valence-electron chi connectivity index (χ1n) is 10.9. The molecule has 2 aromatic rings. The first kappa shape index (κ1) is 22.9. The Labute approximate surface area is 185 Å². The van der Waals surface area contributed by atoms with Gasteiger partial charge in [0.1, 0.15) is 0 Å². The molecule has 1 fully saturated rings. The van der Waals surface area contributed by atoms with Crippen molar-refractivity contribution in [2.75, 3.05) is 54.5 Å². The van der Waals surface area contributed by atoms with Crippen LogP contribution >= 0.6 is 0 Å². The van der Waals surface area contributed by atoms with Crippen molar-refractivity contribution in [2.45, 2.75) is 25.3 Å². The molecule has 3 rings (SSSR count). The zero-order valence-corrected chi connectivity index (χ0v) is 19.6. The zero-order chi connectivity index (χ0) is 22.4. The highest BCUT2D eigenvalue weighted by molar-refractivity contribution is 5.80. The minimum absolute atomic E-state index is 0.130. The number of guanidine groups is 1. The molecule has 1 aromatic carbocycles. The normalized spacial score (nSPS) is 17.8. The van der Waals surface area contributed by atoms with Gasteiger partial charge in [-0.1, -0.05) is 6.07 Å². The van der Waals surface area contributed by atoms with E-state index in [-0.39, 0.29) is 6.04 Å². The first-order valence-corrected chi connectivity index (χ1v) is 10.9. The van der Waals surface area contributed by atoms with Crippen LogP contribution in [0.5, 0.6) is 11.5 Å². The van der Waals surface area contributed by atoms with E-state index in [0.717, 1.165) is 49.1 Å². The Morgan fingerprint density at radius 3 is 2.68 bits per heavy atom. The van der Waals surface area contributed by atoms with E-state index in [1.54, 1.807) is 14.2 Å². The van der Waals surface area contributed by atoms with Crippen LogP contribution in [0.2, 0.25) is 0 Å². The average molecular weight is 429 g/mol. The topological polar surface area (TPSA) is 67.2 Å². The van der Waals surface area contributed by atoms with E-state index in [0.29, 0.717) is 12.5 Å². The lowest BCUT2D eigenvalue weighted by Gasteiger charge is -2.26. The molecule has 8 heteroatoms. The monoisotopic (exact) mass is 428 g/mol. The number of aliphatic imine (C=N–C) groups is 1. The summed E-state index contributed by atoms with van der Waals surface area (Å²) in [5.74, 6) is 2.94. The quantitative estimate of drug-likeness (QED) is 0.515. The number of aryl methyl sites for hydroxylation is 1. The van der Waals surface area contributed by atoms with Crippen LogP contribution < -0.4 is 14.8 Å². The van der Waals surface area contributed by atoms with Crippen molar-refractivity contribution in [3.8, 4) is 11.5 Å². The number of ether oxygens (including phenoxy) is 2. The maximum absolute atomic E-state index is 5.50. The Balaban J connectivity index is 1.76. The molecule has 0 saturated carbocycles. The highest BCUT2D eigenvalue weighted by atomic mass is 16.5. The summed E-state index contributed by atoms with van der Waals surface area (Å²) in [4.78, 5) is 9.58. The van der Waals surface area contributed by atoms with Crippen LogP contribution in [-0.2, 0) is 7.05 Å². The second-order valence-corrected chi connectivity index (χ2v) is 8.17. The number of nitrogens with zero attached hydrogens (tertiary/aromatic N) is 5. The third-order valence-electron chi connectivity index (χ3n) is 5.85. The summed E-state index contributed by atoms with van der Waals surface area (Å²) in [6.07, 6.45) is 5.22. The molecule has 1 aliphatic rings. The zero-order valence-electron chi connectivity index (χ0n) is 19.6. The lowest BCUT2D eigenvalue weighted by molar-refractivity contribution is 0.302. The van der Waals surface area contributed by atoms with Crippen LogP contribution in [-0.4, -0.2) is 80.0 Å². The van der Waals surface area contributed by atoms with Gasteiger partial charge in [0.15, 0.2) is 17.5 Å². The van der Waals surface area contributed by atoms with Gasteiger partial charge in [0.2, 0.25) is 0 Å². The standard InChI is InChI=1S/C23H36N6O2/c1-7-24-23(29-11-10-18(16-29)19-13-26-28(4)15-19)25-14-20(27(2)3)17-8-9-21(30-5)22(12-17)31-6/h8-9,12-13,15,18,20H,7,10-11,14,16H2,1-6H3,(H,24,25). The maximum Gasteiger partial charge on any atom is 0.194 e. The molecule has 170 valence electrons. The molecule has 2 atom stereocenters. The first-order chi connectivity index (χ1) is 15.0. The second kappa shape index (κ2) is 10.5.